The van der Waals surface area contributed by atoms with Gasteiger partial charge in [-0.1, -0.05) is 31.0 Å². The second kappa shape index (κ2) is 9.85. The van der Waals surface area contributed by atoms with E-state index in [1.807, 2.05) is 6.92 Å². The molecule has 0 saturated carbocycles. The van der Waals surface area contributed by atoms with Gasteiger partial charge < -0.3 is 15.4 Å². The molecule has 0 fully saturated rings. The van der Waals surface area contributed by atoms with E-state index in [0.29, 0.717) is 12.2 Å². The lowest BCUT2D eigenvalue weighted by molar-refractivity contribution is 0.0602. The van der Waals surface area contributed by atoms with Gasteiger partial charge in [-0.25, -0.2) is 9.78 Å². The quantitative estimate of drug-likeness (QED) is 0.543. The number of unbranched alkanes of at least 4 members (excludes halogenated alkanes) is 1. The lowest BCUT2D eigenvalue weighted by atomic mass is 10.1. The van der Waals surface area contributed by atoms with Crippen LogP contribution < -0.4 is 10.6 Å². The molecular weight excluding hydrogens is 382 g/mol. The van der Waals surface area contributed by atoms with Crippen molar-refractivity contribution in [2.45, 2.75) is 26.7 Å². The van der Waals surface area contributed by atoms with E-state index in [0.717, 1.165) is 12.8 Å². The van der Waals surface area contributed by atoms with E-state index in [1.54, 1.807) is 19.1 Å². The van der Waals surface area contributed by atoms with E-state index in [2.05, 4.69) is 15.6 Å². The average molecular weight is 404 g/mol. The molecule has 2 N–H and O–H groups in total. The Morgan fingerprint density at radius 3 is 2.57 bits per heavy atom. The zero-order valence-electron chi connectivity index (χ0n) is 16.0. The van der Waals surface area contributed by atoms with Crippen molar-refractivity contribution in [3.63, 3.8) is 0 Å². The number of carbonyl (C=O) groups excluding carboxylic acids is 3. The Kier molecular flexibility index (Phi) is 7.52. The summed E-state index contributed by atoms with van der Waals surface area (Å²) in [6.45, 7) is 4.24. The van der Waals surface area contributed by atoms with Gasteiger partial charge in [0, 0.05) is 12.2 Å². The molecule has 0 aliphatic heterocycles. The van der Waals surface area contributed by atoms with Crippen LogP contribution in [0, 0.1) is 6.92 Å². The largest absolute Gasteiger partial charge is 0.465 e. The molecule has 0 atom stereocenters. The highest BCUT2D eigenvalue weighted by Gasteiger charge is 2.22. The Labute approximate surface area is 168 Å². The van der Waals surface area contributed by atoms with Gasteiger partial charge in [0.25, 0.3) is 11.8 Å². The van der Waals surface area contributed by atoms with Crippen LogP contribution in [0.4, 0.5) is 5.69 Å². The van der Waals surface area contributed by atoms with Gasteiger partial charge in [0.2, 0.25) is 0 Å². The lowest BCUT2D eigenvalue weighted by Crippen LogP contribution is -2.29. The van der Waals surface area contributed by atoms with Crippen molar-refractivity contribution in [3.05, 3.63) is 57.9 Å². The van der Waals surface area contributed by atoms with Crippen LogP contribution in [0.3, 0.4) is 0 Å². The van der Waals surface area contributed by atoms with Gasteiger partial charge in [0.15, 0.2) is 0 Å². The fourth-order valence-electron chi connectivity index (χ4n) is 2.50. The number of amides is 2. The van der Waals surface area contributed by atoms with Crippen molar-refractivity contribution in [2.75, 3.05) is 19.0 Å². The number of aryl methyl sites for hydroxylation is 1. The normalized spacial score (nSPS) is 10.3. The van der Waals surface area contributed by atoms with Crippen molar-refractivity contribution in [3.8, 4) is 0 Å². The number of nitrogens with one attached hydrogen (secondary N) is 2. The van der Waals surface area contributed by atoms with Crippen LogP contribution >= 0.6 is 11.6 Å². The maximum Gasteiger partial charge on any atom is 0.341 e. The molecular formula is C20H22ClN3O4. The van der Waals surface area contributed by atoms with E-state index in [1.165, 1.54) is 25.3 Å². The van der Waals surface area contributed by atoms with E-state index in [4.69, 9.17) is 16.3 Å². The second-order valence-electron chi connectivity index (χ2n) is 6.07. The summed E-state index contributed by atoms with van der Waals surface area (Å²) in [6, 6.07) is 7.80. The summed E-state index contributed by atoms with van der Waals surface area (Å²) in [5, 5.41) is 5.52. The minimum absolute atomic E-state index is 0.0234. The van der Waals surface area contributed by atoms with Crippen molar-refractivity contribution in [2.24, 2.45) is 0 Å². The first kappa shape index (κ1) is 21.4. The molecule has 0 spiro atoms. The number of nitrogens with zero attached hydrogens (tertiary/aromatic N) is 1. The molecule has 8 heteroatoms. The van der Waals surface area contributed by atoms with Crippen LogP contribution in [-0.4, -0.2) is 36.4 Å². The Bertz CT molecular complexity index is 899. The molecule has 0 unspecified atom stereocenters. The molecule has 0 aliphatic carbocycles. The van der Waals surface area contributed by atoms with Gasteiger partial charge in [0.1, 0.15) is 11.3 Å². The zero-order valence-corrected chi connectivity index (χ0v) is 16.7. The number of anilines is 1. The van der Waals surface area contributed by atoms with Crippen LogP contribution in [0.2, 0.25) is 5.02 Å². The molecule has 28 heavy (non-hydrogen) atoms. The molecule has 0 bridgehead atoms. The van der Waals surface area contributed by atoms with Crippen molar-refractivity contribution in [1.29, 1.82) is 0 Å². The minimum Gasteiger partial charge on any atom is -0.465 e. The number of aromatic nitrogens is 1. The minimum atomic E-state index is -0.680. The third-order valence-corrected chi connectivity index (χ3v) is 4.28. The number of hydrogen-bond acceptors (Lipinski definition) is 5. The van der Waals surface area contributed by atoms with Crippen molar-refractivity contribution >= 4 is 35.1 Å². The average Bonchev–Trinajstić information content (AvgIpc) is 2.67. The van der Waals surface area contributed by atoms with E-state index < -0.39 is 17.8 Å². The van der Waals surface area contributed by atoms with Gasteiger partial charge in [0.05, 0.1) is 23.4 Å². The topological polar surface area (TPSA) is 97.4 Å². The highest BCUT2D eigenvalue weighted by atomic mass is 35.5. The molecule has 1 heterocycles. The van der Waals surface area contributed by atoms with Gasteiger partial charge in [-0.3, -0.25) is 9.59 Å². The number of ether oxygens (including phenoxy) is 1. The molecule has 7 nitrogen and oxygen atoms in total. The monoisotopic (exact) mass is 403 g/mol. The summed E-state index contributed by atoms with van der Waals surface area (Å²) in [5.74, 6) is -1.69. The molecule has 2 amide bonds. The molecule has 1 aromatic heterocycles. The number of methoxy groups -OCH3 is 1. The first-order valence-electron chi connectivity index (χ1n) is 8.83. The molecule has 0 aliphatic rings. The third kappa shape index (κ3) is 5.07. The third-order valence-electron chi connectivity index (χ3n) is 3.96. The molecule has 2 rings (SSSR count). The number of benzene rings is 1. The summed E-state index contributed by atoms with van der Waals surface area (Å²) in [6.07, 6.45) is 1.75. The SMILES string of the molecule is CCCCNC(=O)c1nc(C)ccc1C(=O)Nc1cccc(Cl)c1C(=O)OC. The molecule has 0 radical (unpaired) electrons. The fourth-order valence-corrected chi connectivity index (χ4v) is 2.75. The van der Waals surface area contributed by atoms with Crippen molar-refractivity contribution in [1.82, 2.24) is 10.3 Å². The van der Waals surface area contributed by atoms with Crippen LogP contribution in [0.1, 0.15) is 56.7 Å². The number of hydrogen-bond donors (Lipinski definition) is 2. The van der Waals surface area contributed by atoms with E-state index in [-0.39, 0.29) is 27.5 Å². The fraction of sp³-hybridized carbons (Fsp3) is 0.300. The highest BCUT2D eigenvalue weighted by Crippen LogP contribution is 2.26. The zero-order chi connectivity index (χ0) is 20.7. The smallest absolute Gasteiger partial charge is 0.341 e. The Morgan fingerprint density at radius 2 is 1.89 bits per heavy atom. The Morgan fingerprint density at radius 1 is 1.14 bits per heavy atom. The summed E-state index contributed by atoms with van der Waals surface area (Å²) in [5.41, 5.74) is 0.942. The highest BCUT2D eigenvalue weighted by molar-refractivity contribution is 6.34. The maximum absolute atomic E-state index is 12.8. The van der Waals surface area contributed by atoms with E-state index >= 15 is 0 Å². The number of halogens is 1. The van der Waals surface area contributed by atoms with Crippen LogP contribution in [0.5, 0.6) is 0 Å². The van der Waals surface area contributed by atoms with Crippen molar-refractivity contribution < 1.29 is 19.1 Å². The number of pyridine rings is 1. The summed E-state index contributed by atoms with van der Waals surface area (Å²) >= 11 is 6.08. The first-order valence-corrected chi connectivity index (χ1v) is 9.20. The van der Waals surface area contributed by atoms with Crippen LogP contribution in [0.15, 0.2) is 30.3 Å². The van der Waals surface area contributed by atoms with E-state index in [9.17, 15) is 14.4 Å². The lowest BCUT2D eigenvalue weighted by Gasteiger charge is -2.13. The Balaban J connectivity index is 2.34. The predicted octanol–water partition coefficient (Wildman–Crippen LogP) is 3.61. The number of esters is 1. The first-order chi connectivity index (χ1) is 13.4. The van der Waals surface area contributed by atoms with Crippen LogP contribution in [-0.2, 0) is 4.74 Å². The molecule has 2 aromatic rings. The van der Waals surface area contributed by atoms with Gasteiger partial charge in [-0.05, 0) is 37.6 Å². The molecule has 1 aromatic carbocycles. The summed E-state index contributed by atoms with van der Waals surface area (Å²) in [7, 11) is 1.22. The standard InChI is InChI=1S/C20H22ClN3O4/c1-4-5-11-22-19(26)17-13(10-9-12(2)23-17)18(25)24-15-8-6-7-14(21)16(15)20(27)28-3/h6-10H,4-5,11H2,1-3H3,(H,22,26)(H,24,25). The Hall–Kier alpha value is -2.93. The molecule has 0 saturated heterocycles. The molecule has 148 valence electrons. The van der Waals surface area contributed by atoms with Gasteiger partial charge in [-0.2, -0.15) is 0 Å². The van der Waals surface area contributed by atoms with Gasteiger partial charge >= 0.3 is 5.97 Å². The second-order valence-corrected chi connectivity index (χ2v) is 6.47. The van der Waals surface area contributed by atoms with Gasteiger partial charge in [-0.15, -0.1) is 0 Å². The van der Waals surface area contributed by atoms with Crippen LogP contribution in [0.25, 0.3) is 0 Å². The summed E-state index contributed by atoms with van der Waals surface area (Å²) in [4.78, 5) is 41.5. The predicted molar refractivity (Wildman–Crippen MR) is 107 cm³/mol. The number of carbonyl (C=O) groups is 3. The maximum atomic E-state index is 12.8. The number of rotatable bonds is 7. The summed E-state index contributed by atoms with van der Waals surface area (Å²) < 4.78 is 4.73.